The molecule has 1 aromatic rings. The lowest BCUT2D eigenvalue weighted by Crippen LogP contribution is -2.30. The average Bonchev–Trinajstić information content (AvgIpc) is 2.43. The molecule has 0 aliphatic rings. The van der Waals surface area contributed by atoms with Gasteiger partial charge in [-0.3, -0.25) is 9.69 Å². The molecule has 1 rings (SSSR count). The van der Waals surface area contributed by atoms with Gasteiger partial charge in [-0.05, 0) is 37.7 Å². The van der Waals surface area contributed by atoms with Gasteiger partial charge in [0.15, 0.2) is 17.3 Å². The third kappa shape index (κ3) is 4.63. The maximum absolute atomic E-state index is 13.5. The fourth-order valence-electron chi connectivity index (χ4n) is 1.86. The summed E-state index contributed by atoms with van der Waals surface area (Å²) in [4.78, 5) is 14.2. The van der Waals surface area contributed by atoms with Gasteiger partial charge in [0.2, 0.25) is 0 Å². The highest BCUT2D eigenvalue weighted by molar-refractivity contribution is 5.97. The first-order chi connectivity index (χ1) is 9.12. The molecule has 0 aliphatic carbocycles. The average molecular weight is 267 g/mol. The number of benzene rings is 1. The molecule has 0 unspecified atom stereocenters. The second-order valence-electron chi connectivity index (χ2n) is 4.49. The Balaban J connectivity index is 2.69. The predicted octanol–water partition coefficient (Wildman–Crippen LogP) is 3.14. The highest BCUT2D eigenvalue weighted by Crippen LogP contribution is 2.18. The monoisotopic (exact) mass is 267 g/mol. The first-order valence-corrected chi connectivity index (χ1v) is 6.71. The van der Waals surface area contributed by atoms with Crippen LogP contribution in [0.15, 0.2) is 18.2 Å². The summed E-state index contributed by atoms with van der Waals surface area (Å²) in [7, 11) is 1.41. The lowest BCUT2D eigenvalue weighted by atomic mass is 10.1. The molecule has 0 atom stereocenters. The number of likely N-dealkylation sites (N-methyl/N-ethyl adjacent to an activating group) is 1. The number of hydrogen-bond donors (Lipinski definition) is 0. The molecule has 0 saturated carbocycles. The smallest absolute Gasteiger partial charge is 0.176 e. The quantitative estimate of drug-likeness (QED) is 0.678. The van der Waals surface area contributed by atoms with E-state index in [1.165, 1.54) is 19.2 Å². The summed E-state index contributed by atoms with van der Waals surface area (Å²) >= 11 is 0. The van der Waals surface area contributed by atoms with E-state index in [-0.39, 0.29) is 11.5 Å². The third-order valence-corrected chi connectivity index (χ3v) is 3.12. The lowest BCUT2D eigenvalue weighted by molar-refractivity contribution is 0.0932. The minimum atomic E-state index is -0.495. The lowest BCUT2D eigenvalue weighted by Gasteiger charge is -2.19. The summed E-state index contributed by atoms with van der Waals surface area (Å²) in [5.74, 6) is -0.389. The molecule has 0 spiro atoms. The van der Waals surface area contributed by atoms with E-state index in [1.54, 1.807) is 6.07 Å². The SMILES string of the molecule is CCCCN(CC)CC(=O)c1ccc(OC)c(F)c1. The number of ketones is 1. The Kier molecular flexibility index (Phi) is 6.50. The van der Waals surface area contributed by atoms with Crippen molar-refractivity contribution in [3.63, 3.8) is 0 Å². The number of methoxy groups -OCH3 is 1. The maximum Gasteiger partial charge on any atom is 0.176 e. The van der Waals surface area contributed by atoms with Gasteiger partial charge in [0, 0.05) is 5.56 Å². The van der Waals surface area contributed by atoms with Crippen molar-refractivity contribution in [2.45, 2.75) is 26.7 Å². The Bertz CT molecular complexity index is 421. The number of unbranched alkanes of at least 4 members (excludes halogenated alkanes) is 1. The minimum Gasteiger partial charge on any atom is -0.494 e. The molecule has 0 aliphatic heterocycles. The fraction of sp³-hybridized carbons (Fsp3) is 0.533. The third-order valence-electron chi connectivity index (χ3n) is 3.12. The fourth-order valence-corrected chi connectivity index (χ4v) is 1.86. The van der Waals surface area contributed by atoms with Crippen LogP contribution in [0.1, 0.15) is 37.0 Å². The topological polar surface area (TPSA) is 29.5 Å². The second-order valence-corrected chi connectivity index (χ2v) is 4.49. The van der Waals surface area contributed by atoms with E-state index in [4.69, 9.17) is 4.74 Å². The number of halogens is 1. The molecular weight excluding hydrogens is 245 g/mol. The number of hydrogen-bond acceptors (Lipinski definition) is 3. The first-order valence-electron chi connectivity index (χ1n) is 6.71. The van der Waals surface area contributed by atoms with Gasteiger partial charge in [0.25, 0.3) is 0 Å². The number of ether oxygens (including phenoxy) is 1. The zero-order valence-corrected chi connectivity index (χ0v) is 11.9. The van der Waals surface area contributed by atoms with Crippen LogP contribution < -0.4 is 4.74 Å². The molecule has 0 fully saturated rings. The van der Waals surface area contributed by atoms with Crippen molar-refractivity contribution < 1.29 is 13.9 Å². The van der Waals surface area contributed by atoms with Gasteiger partial charge in [0.05, 0.1) is 13.7 Å². The van der Waals surface area contributed by atoms with E-state index in [0.717, 1.165) is 25.9 Å². The zero-order chi connectivity index (χ0) is 14.3. The van der Waals surface area contributed by atoms with Gasteiger partial charge in [-0.2, -0.15) is 0 Å². The largest absolute Gasteiger partial charge is 0.494 e. The van der Waals surface area contributed by atoms with Crippen molar-refractivity contribution in [3.05, 3.63) is 29.6 Å². The summed E-state index contributed by atoms with van der Waals surface area (Å²) < 4.78 is 18.4. The minimum absolute atomic E-state index is 0.0560. The van der Waals surface area contributed by atoms with Gasteiger partial charge in [-0.15, -0.1) is 0 Å². The van der Waals surface area contributed by atoms with Crippen molar-refractivity contribution in [1.29, 1.82) is 0 Å². The van der Waals surface area contributed by atoms with Gasteiger partial charge in [-0.25, -0.2) is 4.39 Å². The summed E-state index contributed by atoms with van der Waals surface area (Å²) in [5, 5.41) is 0. The Morgan fingerprint density at radius 3 is 2.63 bits per heavy atom. The summed E-state index contributed by atoms with van der Waals surface area (Å²) in [6.45, 7) is 6.20. The second kappa shape index (κ2) is 7.89. The summed E-state index contributed by atoms with van der Waals surface area (Å²) in [5.41, 5.74) is 0.397. The molecule has 4 heteroatoms. The van der Waals surface area contributed by atoms with Crippen LogP contribution in [0.5, 0.6) is 5.75 Å². The van der Waals surface area contributed by atoms with E-state index in [0.29, 0.717) is 12.1 Å². The van der Waals surface area contributed by atoms with E-state index < -0.39 is 5.82 Å². The molecular formula is C15H22FNO2. The molecule has 106 valence electrons. The van der Waals surface area contributed by atoms with Gasteiger partial charge < -0.3 is 4.74 Å². The molecule has 0 N–H and O–H groups in total. The molecule has 0 radical (unpaired) electrons. The van der Waals surface area contributed by atoms with Crippen LogP contribution in [0.25, 0.3) is 0 Å². The maximum atomic E-state index is 13.5. The van der Waals surface area contributed by atoms with E-state index in [1.807, 2.05) is 6.92 Å². The van der Waals surface area contributed by atoms with Crippen LogP contribution in [-0.2, 0) is 0 Å². The van der Waals surface area contributed by atoms with Crippen molar-refractivity contribution in [1.82, 2.24) is 4.90 Å². The van der Waals surface area contributed by atoms with E-state index in [9.17, 15) is 9.18 Å². The molecule has 1 aromatic carbocycles. The highest BCUT2D eigenvalue weighted by Gasteiger charge is 2.13. The number of Topliss-reactive ketones (excluding diaryl/α,β-unsaturated/α-hetero) is 1. The first kappa shape index (κ1) is 15.6. The summed E-state index contributed by atoms with van der Waals surface area (Å²) in [6, 6.07) is 4.34. The van der Waals surface area contributed by atoms with Crippen molar-refractivity contribution >= 4 is 5.78 Å². The molecule has 0 bridgehead atoms. The van der Waals surface area contributed by atoms with E-state index in [2.05, 4.69) is 11.8 Å². The number of rotatable bonds is 8. The summed E-state index contributed by atoms with van der Waals surface area (Å²) in [6.07, 6.45) is 2.17. The molecule has 0 amide bonds. The molecule has 0 saturated heterocycles. The Hall–Kier alpha value is -1.42. The molecule has 19 heavy (non-hydrogen) atoms. The van der Waals surface area contributed by atoms with Crippen molar-refractivity contribution in [3.8, 4) is 5.75 Å². The van der Waals surface area contributed by atoms with Crippen LogP contribution >= 0.6 is 0 Å². The predicted molar refractivity (Wildman–Crippen MR) is 74.3 cm³/mol. The molecule has 0 aromatic heterocycles. The van der Waals surface area contributed by atoms with Gasteiger partial charge in [-0.1, -0.05) is 20.3 Å². The normalized spacial score (nSPS) is 10.8. The van der Waals surface area contributed by atoms with Crippen LogP contribution in [0.3, 0.4) is 0 Å². The number of nitrogens with zero attached hydrogens (tertiary/aromatic N) is 1. The Morgan fingerprint density at radius 2 is 2.11 bits per heavy atom. The number of carbonyl (C=O) groups is 1. The highest BCUT2D eigenvalue weighted by atomic mass is 19.1. The molecule has 3 nitrogen and oxygen atoms in total. The Labute approximate surface area is 114 Å². The Morgan fingerprint density at radius 1 is 1.37 bits per heavy atom. The van der Waals surface area contributed by atoms with Gasteiger partial charge >= 0.3 is 0 Å². The standard InChI is InChI=1S/C15H22FNO2/c1-4-6-9-17(5-2)11-14(18)12-7-8-15(19-3)13(16)10-12/h7-8,10H,4-6,9,11H2,1-3H3. The van der Waals surface area contributed by atoms with Gasteiger partial charge in [0.1, 0.15) is 0 Å². The van der Waals surface area contributed by atoms with E-state index >= 15 is 0 Å². The van der Waals surface area contributed by atoms with Crippen LogP contribution in [-0.4, -0.2) is 37.4 Å². The zero-order valence-electron chi connectivity index (χ0n) is 11.9. The van der Waals surface area contributed by atoms with Crippen molar-refractivity contribution in [2.24, 2.45) is 0 Å². The number of carbonyl (C=O) groups excluding carboxylic acids is 1. The van der Waals surface area contributed by atoms with Crippen LogP contribution in [0, 0.1) is 5.82 Å². The van der Waals surface area contributed by atoms with Crippen molar-refractivity contribution in [2.75, 3.05) is 26.7 Å². The molecule has 0 heterocycles. The van der Waals surface area contributed by atoms with Crippen LogP contribution in [0.2, 0.25) is 0 Å². The van der Waals surface area contributed by atoms with Crippen LogP contribution in [0.4, 0.5) is 4.39 Å².